The second kappa shape index (κ2) is 33.1. The number of rotatable bonds is 34. The molecule has 4 unspecified atom stereocenters. The largest absolute Gasteiger partial charge is 0.756 e. The quantitative estimate of drug-likeness (QED) is 0.0272. The van der Waals surface area contributed by atoms with Crippen molar-refractivity contribution in [3.8, 4) is 0 Å². The summed E-state index contributed by atoms with van der Waals surface area (Å²) in [6.45, 7) is 2.44. The van der Waals surface area contributed by atoms with Gasteiger partial charge >= 0.3 is 0 Å². The predicted molar refractivity (Wildman–Crippen MR) is 258 cm³/mol. The summed E-state index contributed by atoms with van der Waals surface area (Å²) < 4.78 is 61.1. The molecule has 0 radical (unpaired) electrons. The zero-order valence-electron chi connectivity index (χ0n) is 41.0. The van der Waals surface area contributed by atoms with E-state index in [1.165, 1.54) is 65.2 Å². The fraction of sp³-hybridized carbons (Fsp3) is 0.744. The SMILES string of the molecule is CCCCCC/C=C\CCCCCCCCCC(=O)SCCNC(=O)CCNC(=O)[C@H](O)C(C)(C)COP(=O)([O-])OP(=O)([O-])OC[C@H]1O[C@@H](n2cnc3c(N)ncnc32)C(O)[C@H]1OP(=O)([O-])O.[NH4+].[NH4+].[NH4+]. The molecule has 1 aliphatic rings. The number of aliphatic hydroxyl groups is 2. The van der Waals surface area contributed by atoms with Gasteiger partial charge in [-0.05, 0) is 32.1 Å². The molecule has 1 fully saturated rings. The van der Waals surface area contributed by atoms with Gasteiger partial charge in [-0.25, -0.2) is 19.3 Å². The van der Waals surface area contributed by atoms with Crippen LogP contribution >= 0.6 is 35.2 Å². The number of unbranched alkanes of at least 4 members (excludes halogenated alkanes) is 11. The van der Waals surface area contributed by atoms with Crippen molar-refractivity contribution in [2.24, 2.45) is 5.41 Å². The van der Waals surface area contributed by atoms with E-state index in [1.54, 1.807) is 0 Å². The van der Waals surface area contributed by atoms with Gasteiger partial charge in [0.1, 0.15) is 36.3 Å². The van der Waals surface area contributed by atoms with Crippen LogP contribution in [-0.2, 0) is 50.7 Å². The van der Waals surface area contributed by atoms with Crippen LogP contribution in [0.25, 0.3) is 11.2 Å². The van der Waals surface area contributed by atoms with Gasteiger partial charge in [0.05, 0.1) is 19.5 Å². The molecule has 3 rings (SSSR count). The molecule has 2 amide bonds. The first-order valence-electron chi connectivity index (χ1n) is 22.2. The molecule has 2 aromatic heterocycles. The Labute approximate surface area is 412 Å². The Kier molecular flexibility index (Phi) is 31.8. The van der Waals surface area contributed by atoms with E-state index in [0.717, 1.165) is 61.1 Å². The number of imidazole rings is 1. The predicted octanol–water partition coefficient (Wildman–Crippen LogP) is 3.93. The topological polar surface area (TPSA) is 482 Å². The Morgan fingerprint density at radius 3 is 2.13 bits per heavy atom. The molecule has 0 aliphatic carbocycles. The number of hydrogen-bond acceptors (Lipinski definition) is 21. The minimum Gasteiger partial charge on any atom is -0.756 e. The number of thioether (sulfide) groups is 1. The molecular formula is C39H77N10O17P3S. The van der Waals surface area contributed by atoms with Gasteiger partial charge in [-0.3, -0.25) is 32.6 Å². The number of quaternary nitrogens is 3. The van der Waals surface area contributed by atoms with E-state index in [9.17, 15) is 57.9 Å². The molecule has 31 heteroatoms. The van der Waals surface area contributed by atoms with Crippen molar-refractivity contribution >= 4 is 69.1 Å². The number of nitrogens with zero attached hydrogens (tertiary/aromatic N) is 4. The zero-order chi connectivity index (χ0) is 49.7. The molecule has 3 heterocycles. The number of fused-ring (bicyclic) bond motifs is 1. The highest BCUT2D eigenvalue weighted by molar-refractivity contribution is 8.13. The highest BCUT2D eigenvalue weighted by atomic mass is 32.2. The Bertz CT molecular complexity index is 2050. The number of carbonyl (C=O) groups is 3. The van der Waals surface area contributed by atoms with Gasteiger partial charge in [0, 0.05) is 37.1 Å². The van der Waals surface area contributed by atoms with E-state index >= 15 is 0 Å². The summed E-state index contributed by atoms with van der Waals surface area (Å²) in [5.41, 5.74) is 4.13. The number of nitrogens with two attached hydrogens (primary N) is 1. The number of allylic oxidation sites excluding steroid dienone is 2. The van der Waals surface area contributed by atoms with Crippen LogP contribution in [0.1, 0.15) is 123 Å². The molecule has 1 saturated heterocycles. The lowest BCUT2D eigenvalue weighted by atomic mass is 9.87. The summed E-state index contributed by atoms with van der Waals surface area (Å²) in [5, 5.41) is 26.5. The number of anilines is 1. The molecule has 1 aliphatic heterocycles. The molecule has 8 atom stereocenters. The van der Waals surface area contributed by atoms with Crippen LogP contribution in [0.5, 0.6) is 0 Å². The molecule has 0 saturated carbocycles. The van der Waals surface area contributed by atoms with Crippen LogP contribution < -0.4 is 49.5 Å². The number of phosphoric ester groups is 3. The molecule has 19 N–H and O–H groups in total. The molecular weight excluding hydrogens is 1010 g/mol. The normalized spacial score (nSPS) is 20.0. The number of hydrogen-bond donors (Lipinski definition) is 9. The summed E-state index contributed by atoms with van der Waals surface area (Å²) in [7, 11) is -17.3. The minimum atomic E-state index is -5.90. The van der Waals surface area contributed by atoms with E-state index in [-0.39, 0.29) is 60.1 Å². The highest BCUT2D eigenvalue weighted by Gasteiger charge is 2.48. The number of aliphatic hydroxyl groups excluding tert-OH is 2. The number of carbonyl (C=O) groups excluding carboxylic acids is 3. The van der Waals surface area contributed by atoms with Crippen LogP contribution in [0.15, 0.2) is 24.8 Å². The average Bonchev–Trinajstić information content (AvgIpc) is 3.81. The maximum absolute atomic E-state index is 12.6. The zero-order valence-corrected chi connectivity index (χ0v) is 44.5. The lowest BCUT2D eigenvalue weighted by Gasteiger charge is -2.35. The fourth-order valence-electron chi connectivity index (χ4n) is 6.69. The van der Waals surface area contributed by atoms with Crippen molar-refractivity contribution in [2.45, 2.75) is 148 Å². The Hall–Kier alpha value is -2.82. The second-order valence-electron chi connectivity index (χ2n) is 16.6. The first-order valence-corrected chi connectivity index (χ1v) is 27.6. The monoisotopic (exact) mass is 1080 g/mol. The molecule has 0 spiro atoms. The lowest BCUT2D eigenvalue weighted by Crippen LogP contribution is -2.46. The van der Waals surface area contributed by atoms with Crippen molar-refractivity contribution < 1.29 is 80.5 Å². The van der Waals surface area contributed by atoms with Crippen molar-refractivity contribution in [1.29, 1.82) is 0 Å². The Balaban J connectivity index is 0.0000159. The van der Waals surface area contributed by atoms with E-state index < -0.39 is 84.6 Å². The van der Waals surface area contributed by atoms with Gasteiger partial charge in [0.25, 0.3) is 23.5 Å². The molecule has 27 nitrogen and oxygen atoms in total. The van der Waals surface area contributed by atoms with E-state index in [2.05, 4.69) is 62.5 Å². The third-order valence-electron chi connectivity index (χ3n) is 10.4. The Morgan fingerprint density at radius 2 is 1.50 bits per heavy atom. The van der Waals surface area contributed by atoms with Crippen molar-refractivity contribution in [3.63, 3.8) is 0 Å². The number of nitrogens with one attached hydrogen (secondary N) is 2. The van der Waals surface area contributed by atoms with Crippen LogP contribution in [0.2, 0.25) is 0 Å². The lowest BCUT2D eigenvalue weighted by molar-refractivity contribution is -0.247. The molecule has 406 valence electrons. The number of phosphoric acid groups is 3. The highest BCUT2D eigenvalue weighted by Crippen LogP contribution is 2.56. The maximum Gasteiger partial charge on any atom is 0.274 e. The van der Waals surface area contributed by atoms with Gasteiger partial charge in [0.15, 0.2) is 22.8 Å². The minimum absolute atomic E-state index is 0. The van der Waals surface area contributed by atoms with Crippen LogP contribution in [-0.4, -0.2) is 108 Å². The van der Waals surface area contributed by atoms with Gasteiger partial charge in [-0.15, -0.1) is 0 Å². The van der Waals surface area contributed by atoms with E-state index in [0.29, 0.717) is 12.2 Å². The summed E-state index contributed by atoms with van der Waals surface area (Å²) >= 11 is 1.14. The first-order chi connectivity index (χ1) is 31.6. The second-order valence-corrected chi connectivity index (χ2v) is 21.8. The first kappa shape index (κ1) is 67.2. The van der Waals surface area contributed by atoms with Gasteiger partial charge < -0.3 is 82.9 Å². The molecule has 0 aromatic carbocycles. The number of aromatic nitrogens is 4. The smallest absolute Gasteiger partial charge is 0.274 e. The summed E-state index contributed by atoms with van der Waals surface area (Å²) in [5.74, 6) is -1.12. The van der Waals surface area contributed by atoms with Gasteiger partial charge in [-0.2, -0.15) is 0 Å². The average molecular weight is 1080 g/mol. The third kappa shape index (κ3) is 24.7. The van der Waals surface area contributed by atoms with E-state index in [4.69, 9.17) is 10.5 Å². The number of ether oxygens (including phenoxy) is 1. The third-order valence-corrected chi connectivity index (χ3v) is 14.3. The molecule has 70 heavy (non-hydrogen) atoms. The maximum atomic E-state index is 12.6. The van der Waals surface area contributed by atoms with Gasteiger partial charge in [0.2, 0.25) is 11.8 Å². The van der Waals surface area contributed by atoms with Crippen LogP contribution in [0.4, 0.5) is 5.82 Å². The number of amides is 2. The van der Waals surface area contributed by atoms with Crippen LogP contribution in [0, 0.1) is 5.41 Å². The molecule has 2 aromatic rings. The summed E-state index contributed by atoms with van der Waals surface area (Å²) in [6.07, 6.45) is 12.9. The van der Waals surface area contributed by atoms with E-state index in [1.807, 2.05) is 0 Å². The van der Waals surface area contributed by atoms with Gasteiger partial charge in [-0.1, -0.05) is 96.1 Å². The summed E-state index contributed by atoms with van der Waals surface area (Å²) in [6, 6.07) is 0. The Morgan fingerprint density at radius 1 is 0.900 bits per heavy atom. The van der Waals surface area contributed by atoms with Crippen molar-refractivity contribution in [2.75, 3.05) is 37.8 Å². The number of nitrogen functional groups attached to an aromatic ring is 1. The summed E-state index contributed by atoms with van der Waals surface area (Å²) in [4.78, 5) is 94.8. The van der Waals surface area contributed by atoms with Crippen molar-refractivity contribution in [3.05, 3.63) is 24.8 Å². The fourth-order valence-corrected chi connectivity index (χ4v) is 10.2. The standard InChI is InChI=1S/C39H68N7O17P3S.3H3N/c1-4-5-6-7-8-9-10-11-12-13-14-15-16-17-18-19-30(48)67-23-22-41-29(47)20-21-42-37(51)34(50)39(2,3)25-60-66(57,58)63-65(55,56)59-24-28-33(62-64(52,53)54)32(49)38(61-28)46-27-45-31-35(40)43-26-44-36(31)46;;;/h9-10,26-28,32-34,38,49-50H,4-8,11-25H2,1-3H3,(H,41,47)(H,42,51)(H,55,56)(H,57,58)(H2,40,43,44)(H2,52,53,54);3*1H3/b10-9-;;;/t28-,32?,33+,34+,38-;;;/m1.../s1. The van der Waals surface area contributed by atoms with Crippen LogP contribution in [0.3, 0.4) is 0 Å². The van der Waals surface area contributed by atoms with Crippen molar-refractivity contribution in [1.82, 2.24) is 48.6 Å². The molecule has 0 bridgehead atoms.